The third-order valence-corrected chi connectivity index (χ3v) is 3.81. The molecular formula is C15H23FN4O. The highest BCUT2D eigenvalue weighted by Gasteiger charge is 2.22. The van der Waals surface area contributed by atoms with E-state index in [0.717, 1.165) is 32.0 Å². The summed E-state index contributed by atoms with van der Waals surface area (Å²) in [4.78, 5) is 18.5. The average Bonchev–Trinajstić information content (AvgIpc) is 2.88. The largest absolute Gasteiger partial charge is 0.369 e. The van der Waals surface area contributed by atoms with Gasteiger partial charge in [-0.1, -0.05) is 6.92 Å². The van der Waals surface area contributed by atoms with Crippen LogP contribution in [-0.2, 0) is 0 Å². The fourth-order valence-electron chi connectivity index (χ4n) is 2.54. The van der Waals surface area contributed by atoms with Crippen LogP contribution in [0.5, 0.6) is 0 Å². The van der Waals surface area contributed by atoms with Crippen LogP contribution in [0.15, 0.2) is 12.3 Å². The van der Waals surface area contributed by atoms with Crippen molar-refractivity contribution in [1.29, 1.82) is 0 Å². The van der Waals surface area contributed by atoms with E-state index >= 15 is 0 Å². The topological polar surface area (TPSA) is 57.3 Å². The summed E-state index contributed by atoms with van der Waals surface area (Å²) in [6, 6.07) is 1.60. The summed E-state index contributed by atoms with van der Waals surface area (Å²) >= 11 is 0. The number of rotatable bonds is 6. The molecule has 0 aromatic carbocycles. The van der Waals surface area contributed by atoms with E-state index in [2.05, 4.69) is 27.6 Å². The van der Waals surface area contributed by atoms with Crippen molar-refractivity contribution in [3.8, 4) is 0 Å². The minimum absolute atomic E-state index is 0.268. The molecule has 2 N–H and O–H groups in total. The minimum atomic E-state index is -0.500. The Morgan fingerprint density at radius 3 is 3.05 bits per heavy atom. The van der Waals surface area contributed by atoms with E-state index in [1.807, 2.05) is 6.92 Å². The van der Waals surface area contributed by atoms with Gasteiger partial charge in [-0.3, -0.25) is 4.79 Å². The molecule has 1 aliphatic rings. The molecule has 0 aliphatic carbocycles. The quantitative estimate of drug-likeness (QED) is 0.841. The molecule has 1 saturated heterocycles. The molecule has 1 aromatic heterocycles. The van der Waals surface area contributed by atoms with Crippen LogP contribution in [-0.4, -0.2) is 48.5 Å². The second-order valence-electron chi connectivity index (χ2n) is 5.46. The number of pyridine rings is 1. The smallest absolute Gasteiger partial charge is 0.255 e. The van der Waals surface area contributed by atoms with Gasteiger partial charge in [0.15, 0.2) is 0 Å². The Morgan fingerprint density at radius 2 is 2.38 bits per heavy atom. The average molecular weight is 294 g/mol. The van der Waals surface area contributed by atoms with Gasteiger partial charge in [0.2, 0.25) is 0 Å². The molecule has 2 rings (SSSR count). The van der Waals surface area contributed by atoms with Crippen LogP contribution in [0.25, 0.3) is 0 Å². The van der Waals surface area contributed by atoms with E-state index in [9.17, 15) is 9.18 Å². The number of anilines is 1. The molecule has 116 valence electrons. The molecule has 1 unspecified atom stereocenters. The molecule has 0 radical (unpaired) electrons. The number of amides is 1. The summed E-state index contributed by atoms with van der Waals surface area (Å²) in [6.07, 6.45) is 4.27. The lowest BCUT2D eigenvalue weighted by molar-refractivity contribution is 0.0943. The summed E-state index contributed by atoms with van der Waals surface area (Å²) in [5, 5.41) is 5.95. The van der Waals surface area contributed by atoms with E-state index in [1.54, 1.807) is 0 Å². The molecule has 1 amide bonds. The zero-order valence-corrected chi connectivity index (χ0v) is 12.7. The molecule has 1 fully saturated rings. The van der Waals surface area contributed by atoms with Gasteiger partial charge in [-0.25, -0.2) is 9.37 Å². The molecule has 6 heteroatoms. The van der Waals surface area contributed by atoms with Crippen LogP contribution in [0, 0.1) is 5.82 Å². The lowest BCUT2D eigenvalue weighted by atomic mass is 10.2. The van der Waals surface area contributed by atoms with Gasteiger partial charge < -0.3 is 15.5 Å². The van der Waals surface area contributed by atoms with Gasteiger partial charge in [-0.15, -0.1) is 0 Å². The molecular weight excluding hydrogens is 271 g/mol. The highest BCUT2D eigenvalue weighted by atomic mass is 19.1. The molecule has 2 heterocycles. The Bertz CT molecular complexity index is 495. The number of nitrogens with zero attached hydrogens (tertiary/aromatic N) is 2. The highest BCUT2D eigenvalue weighted by molar-refractivity contribution is 5.98. The second-order valence-corrected chi connectivity index (χ2v) is 5.46. The lowest BCUT2D eigenvalue weighted by Gasteiger charge is -2.20. The zero-order valence-electron chi connectivity index (χ0n) is 12.7. The number of halogens is 1. The van der Waals surface area contributed by atoms with E-state index in [0.29, 0.717) is 24.9 Å². The van der Waals surface area contributed by atoms with Crippen LogP contribution < -0.4 is 10.6 Å². The second kappa shape index (κ2) is 7.36. The van der Waals surface area contributed by atoms with Crippen LogP contribution >= 0.6 is 0 Å². The number of carbonyl (C=O) groups excluding carboxylic acids is 1. The first-order chi connectivity index (χ1) is 10.1. The molecule has 1 atom stereocenters. The van der Waals surface area contributed by atoms with Gasteiger partial charge in [0.25, 0.3) is 5.91 Å². The fourth-order valence-corrected chi connectivity index (χ4v) is 2.54. The maximum absolute atomic E-state index is 13.4. The van der Waals surface area contributed by atoms with Crippen LogP contribution in [0.4, 0.5) is 10.2 Å². The number of nitrogens with one attached hydrogen (secondary N) is 2. The predicted molar refractivity (Wildman–Crippen MR) is 81.0 cm³/mol. The first-order valence-electron chi connectivity index (χ1n) is 7.49. The van der Waals surface area contributed by atoms with Crippen molar-refractivity contribution in [1.82, 2.24) is 15.2 Å². The van der Waals surface area contributed by atoms with Crippen molar-refractivity contribution >= 4 is 11.7 Å². The number of hydrogen-bond acceptors (Lipinski definition) is 4. The monoisotopic (exact) mass is 294 g/mol. The maximum atomic E-state index is 13.4. The number of carbonyl (C=O) groups is 1. The Balaban J connectivity index is 2.01. The van der Waals surface area contributed by atoms with Crippen molar-refractivity contribution in [2.75, 3.05) is 32.0 Å². The standard InChI is InChI=1S/C15H23FN4O/c1-3-6-17-14-13(8-11(16)9-18-14)15(21)19-10-12-5-4-7-20(12)2/h8-9,12H,3-7,10H2,1-2H3,(H,17,18)(H,19,21). The van der Waals surface area contributed by atoms with Crippen molar-refractivity contribution < 1.29 is 9.18 Å². The molecule has 0 saturated carbocycles. The van der Waals surface area contributed by atoms with Gasteiger partial charge in [0.1, 0.15) is 11.6 Å². The van der Waals surface area contributed by atoms with Crippen LogP contribution in [0.1, 0.15) is 36.5 Å². The molecule has 0 spiro atoms. The molecule has 1 aromatic rings. The third-order valence-electron chi connectivity index (χ3n) is 3.81. The fraction of sp³-hybridized carbons (Fsp3) is 0.600. The molecule has 21 heavy (non-hydrogen) atoms. The van der Waals surface area contributed by atoms with E-state index < -0.39 is 5.82 Å². The third kappa shape index (κ3) is 4.14. The van der Waals surface area contributed by atoms with Crippen molar-refractivity contribution in [2.45, 2.75) is 32.2 Å². The van der Waals surface area contributed by atoms with E-state index in [-0.39, 0.29) is 11.5 Å². The van der Waals surface area contributed by atoms with Gasteiger partial charge >= 0.3 is 0 Å². The van der Waals surface area contributed by atoms with Gasteiger partial charge in [-0.2, -0.15) is 0 Å². The number of likely N-dealkylation sites (tertiary alicyclic amines) is 1. The molecule has 5 nitrogen and oxygen atoms in total. The molecule has 1 aliphatic heterocycles. The predicted octanol–water partition coefficient (Wildman–Crippen LogP) is 1.87. The van der Waals surface area contributed by atoms with E-state index in [1.165, 1.54) is 6.07 Å². The number of likely N-dealkylation sites (N-methyl/N-ethyl adjacent to an activating group) is 1. The Morgan fingerprint density at radius 1 is 1.57 bits per heavy atom. The maximum Gasteiger partial charge on any atom is 0.255 e. The summed E-state index contributed by atoms with van der Waals surface area (Å²) in [5.74, 6) is -0.336. The Kier molecular flexibility index (Phi) is 5.50. The highest BCUT2D eigenvalue weighted by Crippen LogP contribution is 2.16. The number of hydrogen-bond donors (Lipinski definition) is 2. The van der Waals surface area contributed by atoms with Gasteiger partial charge in [0.05, 0.1) is 11.8 Å². The summed E-state index contributed by atoms with van der Waals surface area (Å²) < 4.78 is 13.4. The zero-order chi connectivity index (χ0) is 15.2. The van der Waals surface area contributed by atoms with Crippen molar-refractivity contribution in [3.05, 3.63) is 23.6 Å². The first kappa shape index (κ1) is 15.7. The Hall–Kier alpha value is -1.69. The van der Waals surface area contributed by atoms with E-state index in [4.69, 9.17) is 0 Å². The van der Waals surface area contributed by atoms with Crippen molar-refractivity contribution in [3.63, 3.8) is 0 Å². The summed E-state index contributed by atoms with van der Waals surface area (Å²) in [5.41, 5.74) is 0.268. The Labute approximate surface area is 124 Å². The summed E-state index contributed by atoms with van der Waals surface area (Å²) in [7, 11) is 2.06. The summed E-state index contributed by atoms with van der Waals surface area (Å²) in [6.45, 7) is 4.36. The van der Waals surface area contributed by atoms with Crippen molar-refractivity contribution in [2.24, 2.45) is 0 Å². The lowest BCUT2D eigenvalue weighted by Crippen LogP contribution is -2.38. The normalized spacial score (nSPS) is 18.7. The van der Waals surface area contributed by atoms with Crippen LogP contribution in [0.3, 0.4) is 0 Å². The molecule has 0 bridgehead atoms. The van der Waals surface area contributed by atoms with Gasteiger partial charge in [0, 0.05) is 19.1 Å². The van der Waals surface area contributed by atoms with Crippen LogP contribution in [0.2, 0.25) is 0 Å². The SMILES string of the molecule is CCCNc1ncc(F)cc1C(=O)NCC1CCCN1C. The first-order valence-corrected chi connectivity index (χ1v) is 7.49. The minimum Gasteiger partial charge on any atom is -0.369 e. The number of aromatic nitrogens is 1. The van der Waals surface area contributed by atoms with Gasteiger partial charge in [-0.05, 0) is 38.9 Å².